The Kier molecular flexibility index (Phi) is 4.59. The Morgan fingerprint density at radius 1 is 1.17 bits per heavy atom. The van der Waals surface area contributed by atoms with Gasteiger partial charge in [0.15, 0.2) is 0 Å². The van der Waals surface area contributed by atoms with Gasteiger partial charge in [-0.05, 0) is 31.2 Å². The Balaban J connectivity index is 2.02. The minimum atomic E-state index is -0.176. The number of rotatable bonds is 5. The van der Waals surface area contributed by atoms with Gasteiger partial charge in [0.1, 0.15) is 11.6 Å². The first-order chi connectivity index (χ1) is 8.79. The summed E-state index contributed by atoms with van der Waals surface area (Å²) in [6, 6.07) is 12.6. The molecule has 0 aliphatic carbocycles. The second-order valence-corrected chi connectivity index (χ2v) is 4.78. The molecule has 0 radical (unpaired) electrons. The molecule has 0 fully saturated rings. The van der Waals surface area contributed by atoms with Crippen molar-refractivity contribution in [2.24, 2.45) is 0 Å². The topological polar surface area (TPSA) is 24.9 Å². The predicted octanol–water partition coefficient (Wildman–Crippen LogP) is 3.94. The molecule has 1 aromatic heterocycles. The highest BCUT2D eigenvalue weighted by Crippen LogP contribution is 2.24. The molecule has 0 saturated heterocycles. The lowest BCUT2D eigenvalue weighted by Gasteiger charge is -2.06. The highest BCUT2D eigenvalue weighted by Gasteiger charge is 2.03. The van der Waals surface area contributed by atoms with E-state index in [1.165, 1.54) is 17.8 Å². The number of pyridine rings is 1. The molecule has 0 amide bonds. The Labute approximate surface area is 111 Å². The number of benzene rings is 1. The molecule has 18 heavy (non-hydrogen) atoms. The third-order valence-corrected chi connectivity index (χ3v) is 3.46. The molecule has 0 aliphatic rings. The smallest absolute Gasteiger partial charge is 0.136 e. The fourth-order valence-electron chi connectivity index (χ4n) is 1.55. The van der Waals surface area contributed by atoms with Gasteiger partial charge >= 0.3 is 0 Å². The third kappa shape index (κ3) is 3.47. The van der Waals surface area contributed by atoms with Gasteiger partial charge in [-0.15, -0.1) is 11.8 Å². The van der Waals surface area contributed by atoms with Crippen molar-refractivity contribution in [1.82, 2.24) is 4.98 Å². The van der Waals surface area contributed by atoms with Crippen molar-refractivity contribution in [1.29, 1.82) is 0 Å². The zero-order chi connectivity index (χ0) is 12.8. The summed E-state index contributed by atoms with van der Waals surface area (Å²) >= 11 is 1.46. The van der Waals surface area contributed by atoms with Gasteiger partial charge < -0.3 is 5.32 Å². The van der Waals surface area contributed by atoms with Gasteiger partial charge in [-0.3, -0.25) is 0 Å². The highest BCUT2D eigenvalue weighted by molar-refractivity contribution is 7.98. The number of aromatic nitrogens is 1. The molecule has 0 saturated carbocycles. The van der Waals surface area contributed by atoms with E-state index >= 15 is 0 Å². The maximum absolute atomic E-state index is 13.4. The van der Waals surface area contributed by atoms with E-state index in [0.29, 0.717) is 10.6 Å². The van der Waals surface area contributed by atoms with E-state index in [1.54, 1.807) is 12.1 Å². The van der Waals surface area contributed by atoms with E-state index in [9.17, 15) is 4.39 Å². The van der Waals surface area contributed by atoms with E-state index in [1.807, 2.05) is 31.2 Å². The molecule has 94 valence electrons. The quantitative estimate of drug-likeness (QED) is 0.826. The van der Waals surface area contributed by atoms with E-state index in [2.05, 4.69) is 10.3 Å². The number of halogens is 1. The maximum Gasteiger partial charge on any atom is 0.136 e. The van der Waals surface area contributed by atoms with Crippen molar-refractivity contribution in [3.05, 3.63) is 54.0 Å². The first-order valence-corrected chi connectivity index (χ1v) is 6.85. The molecule has 2 rings (SSSR count). The Morgan fingerprint density at radius 3 is 2.78 bits per heavy atom. The van der Waals surface area contributed by atoms with Crippen LogP contribution < -0.4 is 5.32 Å². The second-order valence-electron chi connectivity index (χ2n) is 3.76. The summed E-state index contributed by atoms with van der Waals surface area (Å²) in [6.07, 6.45) is 0. The van der Waals surface area contributed by atoms with Crippen molar-refractivity contribution < 1.29 is 4.39 Å². The van der Waals surface area contributed by atoms with Gasteiger partial charge in [0.05, 0.1) is 5.69 Å². The van der Waals surface area contributed by atoms with Crippen molar-refractivity contribution in [2.75, 3.05) is 11.9 Å². The molecule has 0 bridgehead atoms. The molecule has 2 nitrogen and oxygen atoms in total. The summed E-state index contributed by atoms with van der Waals surface area (Å²) in [4.78, 5) is 5.11. The predicted molar refractivity (Wildman–Crippen MR) is 74.4 cm³/mol. The number of anilines is 1. The first-order valence-electron chi connectivity index (χ1n) is 5.86. The van der Waals surface area contributed by atoms with Crippen molar-refractivity contribution in [3.8, 4) is 0 Å². The summed E-state index contributed by atoms with van der Waals surface area (Å²) in [7, 11) is 0. The fraction of sp³-hybridized carbons (Fsp3) is 0.214. The van der Waals surface area contributed by atoms with E-state index in [4.69, 9.17) is 0 Å². The Bertz CT molecular complexity index is 517. The standard InChI is InChI=1S/C14H15FN2S/c1-2-16-14-9-5-6-11(17-14)10-18-13-8-4-3-7-12(13)15/h3-9H,2,10H2,1H3,(H,16,17). The molecule has 0 unspecified atom stereocenters. The van der Waals surface area contributed by atoms with Crippen LogP contribution in [0.15, 0.2) is 47.4 Å². The summed E-state index contributed by atoms with van der Waals surface area (Å²) in [5.74, 6) is 1.36. The van der Waals surface area contributed by atoms with Crippen LogP contribution in [0.5, 0.6) is 0 Å². The first kappa shape index (κ1) is 12.9. The number of hydrogen-bond acceptors (Lipinski definition) is 3. The van der Waals surface area contributed by atoms with Crippen LogP contribution in [0.2, 0.25) is 0 Å². The van der Waals surface area contributed by atoms with Crippen LogP contribution in [0.4, 0.5) is 10.2 Å². The number of thioether (sulfide) groups is 1. The number of hydrogen-bond donors (Lipinski definition) is 1. The molecule has 2 aromatic rings. The Hall–Kier alpha value is -1.55. The normalized spacial score (nSPS) is 10.3. The van der Waals surface area contributed by atoms with Crippen LogP contribution in [-0.4, -0.2) is 11.5 Å². The molecule has 0 spiro atoms. The molecule has 0 atom stereocenters. The van der Waals surface area contributed by atoms with Crippen molar-refractivity contribution in [3.63, 3.8) is 0 Å². The van der Waals surface area contributed by atoms with Crippen molar-refractivity contribution >= 4 is 17.6 Å². The average molecular weight is 262 g/mol. The minimum Gasteiger partial charge on any atom is -0.370 e. The van der Waals surface area contributed by atoms with Crippen LogP contribution in [0.3, 0.4) is 0 Å². The van der Waals surface area contributed by atoms with Gasteiger partial charge in [0.25, 0.3) is 0 Å². The second kappa shape index (κ2) is 6.40. The minimum absolute atomic E-state index is 0.176. The lowest BCUT2D eigenvalue weighted by atomic mass is 10.3. The van der Waals surface area contributed by atoms with E-state index in [-0.39, 0.29) is 5.82 Å². The van der Waals surface area contributed by atoms with Crippen molar-refractivity contribution in [2.45, 2.75) is 17.6 Å². The van der Waals surface area contributed by atoms with Crippen LogP contribution in [0.25, 0.3) is 0 Å². The summed E-state index contributed by atoms with van der Waals surface area (Å²) in [5, 5.41) is 3.16. The van der Waals surface area contributed by atoms with Gasteiger partial charge in [-0.1, -0.05) is 18.2 Å². The summed E-state index contributed by atoms with van der Waals surface area (Å²) < 4.78 is 13.4. The monoisotopic (exact) mass is 262 g/mol. The number of nitrogens with zero attached hydrogens (tertiary/aromatic N) is 1. The molecule has 4 heteroatoms. The SMILES string of the molecule is CCNc1cccc(CSc2ccccc2F)n1. The molecule has 1 aromatic carbocycles. The zero-order valence-corrected chi connectivity index (χ0v) is 11.0. The van der Waals surface area contributed by atoms with Gasteiger partial charge in [0.2, 0.25) is 0 Å². The fourth-order valence-corrected chi connectivity index (χ4v) is 2.40. The average Bonchev–Trinajstić information content (AvgIpc) is 2.39. The van der Waals surface area contributed by atoms with Gasteiger partial charge in [-0.25, -0.2) is 9.37 Å². The molecular formula is C14H15FN2S. The lowest BCUT2D eigenvalue weighted by molar-refractivity contribution is 0.602. The van der Waals surface area contributed by atoms with Crippen LogP contribution in [0.1, 0.15) is 12.6 Å². The largest absolute Gasteiger partial charge is 0.370 e. The zero-order valence-electron chi connectivity index (χ0n) is 10.2. The lowest BCUT2D eigenvalue weighted by Crippen LogP contribution is -2.00. The molecule has 0 aliphatic heterocycles. The van der Waals surface area contributed by atoms with Crippen LogP contribution >= 0.6 is 11.8 Å². The van der Waals surface area contributed by atoms with Crippen LogP contribution in [-0.2, 0) is 5.75 Å². The number of nitrogens with one attached hydrogen (secondary N) is 1. The van der Waals surface area contributed by atoms with E-state index in [0.717, 1.165) is 18.1 Å². The van der Waals surface area contributed by atoms with Gasteiger partial charge in [0, 0.05) is 17.2 Å². The van der Waals surface area contributed by atoms with E-state index < -0.39 is 0 Å². The summed E-state index contributed by atoms with van der Waals surface area (Å²) in [5.41, 5.74) is 0.946. The molecule has 1 N–H and O–H groups in total. The molecule has 1 heterocycles. The summed E-state index contributed by atoms with van der Waals surface area (Å²) in [6.45, 7) is 2.87. The maximum atomic E-state index is 13.4. The Morgan fingerprint density at radius 2 is 2.00 bits per heavy atom. The van der Waals surface area contributed by atoms with Crippen LogP contribution in [0, 0.1) is 5.82 Å². The third-order valence-electron chi connectivity index (χ3n) is 2.38. The molecular weight excluding hydrogens is 247 g/mol. The highest BCUT2D eigenvalue weighted by atomic mass is 32.2. The van der Waals surface area contributed by atoms with Gasteiger partial charge in [-0.2, -0.15) is 0 Å².